The zero-order valence-electron chi connectivity index (χ0n) is 13.8. The van der Waals surface area contributed by atoms with E-state index >= 15 is 0 Å². The molecule has 6 heteroatoms. The van der Waals surface area contributed by atoms with E-state index < -0.39 is 23.7 Å². The number of methoxy groups -OCH3 is 1. The van der Waals surface area contributed by atoms with Crippen molar-refractivity contribution in [3.8, 4) is 0 Å². The first-order valence-corrected chi connectivity index (χ1v) is 7.38. The molecule has 2 N–H and O–H groups in total. The van der Waals surface area contributed by atoms with Gasteiger partial charge in [0.1, 0.15) is 11.3 Å². The Labute approximate surface area is 135 Å². The van der Waals surface area contributed by atoms with E-state index in [9.17, 15) is 9.59 Å². The lowest BCUT2D eigenvalue weighted by Crippen LogP contribution is -2.30. The highest BCUT2D eigenvalue weighted by molar-refractivity contribution is 5.95. The summed E-state index contributed by atoms with van der Waals surface area (Å²) in [4.78, 5) is 24.0. The van der Waals surface area contributed by atoms with Gasteiger partial charge in [0.2, 0.25) is 0 Å². The van der Waals surface area contributed by atoms with Gasteiger partial charge in [-0.25, -0.2) is 4.79 Å². The van der Waals surface area contributed by atoms with E-state index in [1.54, 1.807) is 31.4 Å². The maximum absolute atomic E-state index is 12.0. The predicted molar refractivity (Wildman–Crippen MR) is 87.0 cm³/mol. The summed E-state index contributed by atoms with van der Waals surface area (Å²) in [5.41, 5.74) is 6.67. The van der Waals surface area contributed by atoms with Gasteiger partial charge in [-0.15, -0.1) is 0 Å². The van der Waals surface area contributed by atoms with Crippen molar-refractivity contribution in [3.05, 3.63) is 36.0 Å². The minimum absolute atomic E-state index is 0.0417. The lowest BCUT2D eigenvalue weighted by Gasteiger charge is -2.22. The van der Waals surface area contributed by atoms with Crippen molar-refractivity contribution >= 4 is 22.8 Å². The van der Waals surface area contributed by atoms with Crippen molar-refractivity contribution in [1.82, 2.24) is 4.57 Å². The van der Waals surface area contributed by atoms with Crippen molar-refractivity contribution in [1.29, 1.82) is 0 Å². The highest BCUT2D eigenvalue weighted by Gasteiger charge is 2.24. The van der Waals surface area contributed by atoms with Crippen LogP contribution in [0.1, 0.15) is 43.8 Å². The third kappa shape index (κ3) is 3.90. The molecule has 0 aliphatic carbocycles. The SMILES string of the molecule is COC(=O)c1cc2ccccc2n1C(N)CC(=O)OC(C)(C)C. The van der Waals surface area contributed by atoms with Crippen LogP contribution in [0.5, 0.6) is 0 Å². The first-order valence-electron chi connectivity index (χ1n) is 7.38. The van der Waals surface area contributed by atoms with Crippen LogP contribution in [0.4, 0.5) is 0 Å². The maximum Gasteiger partial charge on any atom is 0.354 e. The van der Waals surface area contributed by atoms with E-state index in [0.717, 1.165) is 10.9 Å². The number of hydrogen-bond acceptors (Lipinski definition) is 5. The molecule has 0 radical (unpaired) electrons. The van der Waals surface area contributed by atoms with Crippen LogP contribution in [-0.2, 0) is 14.3 Å². The number of hydrogen-bond donors (Lipinski definition) is 1. The fraction of sp³-hybridized carbons (Fsp3) is 0.412. The number of carbonyl (C=O) groups is 2. The summed E-state index contributed by atoms with van der Waals surface area (Å²) in [6.07, 6.45) is -0.765. The second kappa shape index (κ2) is 6.42. The molecule has 23 heavy (non-hydrogen) atoms. The Morgan fingerprint density at radius 2 is 1.91 bits per heavy atom. The Morgan fingerprint density at radius 3 is 2.52 bits per heavy atom. The molecule has 0 bridgehead atoms. The molecule has 0 saturated carbocycles. The van der Waals surface area contributed by atoms with Crippen LogP contribution in [-0.4, -0.2) is 29.2 Å². The van der Waals surface area contributed by atoms with E-state index in [1.165, 1.54) is 7.11 Å². The average molecular weight is 318 g/mol. The fourth-order valence-electron chi connectivity index (χ4n) is 2.44. The van der Waals surface area contributed by atoms with Gasteiger partial charge in [-0.2, -0.15) is 0 Å². The third-order valence-corrected chi connectivity index (χ3v) is 3.27. The molecule has 0 spiro atoms. The number of aromatic nitrogens is 1. The molecule has 1 heterocycles. The van der Waals surface area contributed by atoms with Gasteiger partial charge in [0.05, 0.1) is 25.2 Å². The molecule has 0 aliphatic heterocycles. The van der Waals surface area contributed by atoms with E-state index in [-0.39, 0.29) is 6.42 Å². The third-order valence-electron chi connectivity index (χ3n) is 3.27. The predicted octanol–water partition coefficient (Wildman–Crippen LogP) is 2.62. The average Bonchev–Trinajstić information content (AvgIpc) is 2.83. The van der Waals surface area contributed by atoms with Crippen LogP contribution >= 0.6 is 0 Å². The number of fused-ring (bicyclic) bond motifs is 1. The number of rotatable bonds is 4. The van der Waals surface area contributed by atoms with Crippen LogP contribution in [0.25, 0.3) is 10.9 Å². The lowest BCUT2D eigenvalue weighted by atomic mass is 10.2. The summed E-state index contributed by atoms with van der Waals surface area (Å²) in [6, 6.07) is 9.14. The number of nitrogens with two attached hydrogens (primary N) is 1. The second-order valence-corrected chi connectivity index (χ2v) is 6.31. The summed E-state index contributed by atoms with van der Waals surface area (Å²) in [5.74, 6) is -0.917. The fourth-order valence-corrected chi connectivity index (χ4v) is 2.44. The van der Waals surface area contributed by atoms with E-state index in [2.05, 4.69) is 0 Å². The van der Waals surface area contributed by atoms with E-state index in [0.29, 0.717) is 5.69 Å². The normalized spacial score (nSPS) is 12.9. The van der Waals surface area contributed by atoms with Crippen molar-refractivity contribution in [2.24, 2.45) is 5.73 Å². The molecule has 2 rings (SSSR count). The summed E-state index contributed by atoms with van der Waals surface area (Å²) in [5, 5.41) is 0.854. The highest BCUT2D eigenvalue weighted by Crippen LogP contribution is 2.25. The molecular weight excluding hydrogens is 296 g/mol. The van der Waals surface area contributed by atoms with Crippen LogP contribution in [0.3, 0.4) is 0 Å². The van der Waals surface area contributed by atoms with Gasteiger partial charge in [0.15, 0.2) is 0 Å². The van der Waals surface area contributed by atoms with Crippen molar-refractivity contribution in [2.75, 3.05) is 7.11 Å². The lowest BCUT2D eigenvalue weighted by molar-refractivity contribution is -0.155. The Balaban J connectivity index is 2.37. The molecule has 6 nitrogen and oxygen atoms in total. The number of carbonyl (C=O) groups excluding carboxylic acids is 2. The van der Waals surface area contributed by atoms with E-state index in [4.69, 9.17) is 15.2 Å². The molecule has 1 atom stereocenters. The number of esters is 2. The minimum atomic E-state index is -0.723. The zero-order chi connectivity index (χ0) is 17.2. The monoisotopic (exact) mass is 318 g/mol. The molecule has 2 aromatic rings. The first-order chi connectivity index (χ1) is 10.7. The van der Waals surface area contributed by atoms with Gasteiger partial charge >= 0.3 is 11.9 Å². The Hall–Kier alpha value is -2.34. The Kier molecular flexibility index (Phi) is 4.75. The molecular formula is C17H22N2O4. The summed E-state index contributed by atoms with van der Waals surface area (Å²) >= 11 is 0. The van der Waals surface area contributed by atoms with Gasteiger partial charge in [0.25, 0.3) is 0 Å². The first kappa shape index (κ1) is 17.0. The molecule has 0 fully saturated rings. The van der Waals surface area contributed by atoms with Gasteiger partial charge in [0, 0.05) is 5.39 Å². The summed E-state index contributed by atoms with van der Waals surface area (Å²) in [6.45, 7) is 5.38. The topological polar surface area (TPSA) is 83.5 Å². The molecule has 124 valence electrons. The van der Waals surface area contributed by atoms with Crippen LogP contribution < -0.4 is 5.73 Å². The number of nitrogens with zero attached hydrogens (tertiary/aromatic N) is 1. The van der Waals surface area contributed by atoms with Crippen LogP contribution in [0, 0.1) is 0 Å². The largest absolute Gasteiger partial charge is 0.464 e. The summed E-state index contributed by atoms with van der Waals surface area (Å²) in [7, 11) is 1.31. The Morgan fingerprint density at radius 1 is 1.26 bits per heavy atom. The number of ether oxygens (including phenoxy) is 2. The molecule has 0 aliphatic rings. The van der Waals surface area contributed by atoms with Gasteiger partial charge in [-0.1, -0.05) is 18.2 Å². The molecule has 0 saturated heterocycles. The smallest absolute Gasteiger partial charge is 0.354 e. The van der Waals surface area contributed by atoms with Gasteiger partial charge in [-0.3, -0.25) is 4.79 Å². The van der Waals surface area contributed by atoms with Crippen molar-refractivity contribution in [2.45, 2.75) is 39.0 Å². The molecule has 1 aromatic heterocycles. The Bertz CT molecular complexity index is 728. The van der Waals surface area contributed by atoms with Gasteiger partial charge < -0.3 is 19.8 Å². The van der Waals surface area contributed by atoms with Crippen LogP contribution in [0.2, 0.25) is 0 Å². The quantitative estimate of drug-likeness (QED) is 0.876. The van der Waals surface area contributed by atoms with Crippen molar-refractivity contribution in [3.63, 3.8) is 0 Å². The number of para-hydroxylation sites is 1. The highest BCUT2D eigenvalue weighted by atomic mass is 16.6. The van der Waals surface area contributed by atoms with E-state index in [1.807, 2.05) is 24.3 Å². The van der Waals surface area contributed by atoms with Crippen LogP contribution in [0.15, 0.2) is 30.3 Å². The maximum atomic E-state index is 12.0. The zero-order valence-corrected chi connectivity index (χ0v) is 13.8. The molecule has 0 amide bonds. The second-order valence-electron chi connectivity index (χ2n) is 6.31. The molecule has 1 aromatic carbocycles. The molecule has 1 unspecified atom stereocenters. The number of benzene rings is 1. The van der Waals surface area contributed by atoms with Gasteiger partial charge in [-0.05, 0) is 32.9 Å². The minimum Gasteiger partial charge on any atom is -0.464 e. The summed E-state index contributed by atoms with van der Waals surface area (Å²) < 4.78 is 11.7. The standard InChI is InChI=1S/C17H22N2O4/c1-17(2,3)23-15(20)10-14(18)19-12-8-6-5-7-11(12)9-13(19)16(21)22-4/h5-9,14H,10,18H2,1-4H3. The van der Waals surface area contributed by atoms with Crippen molar-refractivity contribution < 1.29 is 19.1 Å².